The van der Waals surface area contributed by atoms with E-state index in [2.05, 4.69) is 5.32 Å². The Balaban J connectivity index is 1.60. The quantitative estimate of drug-likeness (QED) is 0.436. The highest BCUT2D eigenvalue weighted by Crippen LogP contribution is 2.33. The summed E-state index contributed by atoms with van der Waals surface area (Å²) in [6.45, 7) is 8.63. The fraction of sp³-hybridized carbons (Fsp3) is 0.529. The van der Waals surface area contributed by atoms with Crippen LogP contribution < -0.4 is 5.32 Å². The molecular weight excluding hydrogens is 514 g/mol. The molecule has 2 heterocycles. The van der Waals surface area contributed by atoms with Gasteiger partial charge in [-0.3, -0.25) is 19.2 Å². The molecule has 0 bridgehead atoms. The summed E-state index contributed by atoms with van der Waals surface area (Å²) in [7, 11) is 0. The zero-order valence-electron chi connectivity index (χ0n) is 24.9. The summed E-state index contributed by atoms with van der Waals surface area (Å²) in [6.07, 6.45) is 3.10. The van der Waals surface area contributed by atoms with Crippen LogP contribution in [-0.4, -0.2) is 58.5 Å². The van der Waals surface area contributed by atoms with Crippen molar-refractivity contribution in [3.05, 3.63) is 71.8 Å². The Morgan fingerprint density at radius 3 is 2.07 bits per heavy atom. The molecule has 0 spiro atoms. The molecule has 220 valence electrons. The predicted octanol–water partition coefficient (Wildman–Crippen LogP) is 5.15. The summed E-state index contributed by atoms with van der Waals surface area (Å²) >= 11 is 0. The molecule has 3 amide bonds. The van der Waals surface area contributed by atoms with Crippen LogP contribution in [0.1, 0.15) is 83.4 Å². The molecule has 4 atom stereocenters. The number of amides is 3. The van der Waals surface area contributed by atoms with Gasteiger partial charge in [0, 0.05) is 37.9 Å². The van der Waals surface area contributed by atoms with E-state index in [4.69, 9.17) is 0 Å². The Morgan fingerprint density at radius 2 is 1.51 bits per heavy atom. The standard InChI is InChI=1S/C34H45N3O4/c1-5-24(4)30(38)21-27-22-36(31(39)20-23(2)3)19-18-28-16-17-29(37(28)34(27)41)33(40)35-32(25-12-8-6-9-13-25)26-14-10-7-11-15-26/h6-15,23-24,27-29,32H,5,16-22H2,1-4H3,(H,35,40)/t24-,27?,28-,29+/m1/s1. The number of carbonyl (C=O) groups is 4. The first kappa shape index (κ1) is 30.5. The molecule has 7 heteroatoms. The maximum Gasteiger partial charge on any atom is 0.243 e. The van der Waals surface area contributed by atoms with Crippen LogP contribution in [0.15, 0.2) is 60.7 Å². The summed E-state index contributed by atoms with van der Waals surface area (Å²) in [6, 6.07) is 18.6. The summed E-state index contributed by atoms with van der Waals surface area (Å²) < 4.78 is 0. The minimum atomic E-state index is -0.650. The van der Waals surface area contributed by atoms with E-state index in [1.807, 2.05) is 88.4 Å². The highest BCUT2D eigenvalue weighted by molar-refractivity contribution is 5.93. The minimum Gasteiger partial charge on any atom is -0.343 e. The van der Waals surface area contributed by atoms with Crippen LogP contribution in [0.2, 0.25) is 0 Å². The van der Waals surface area contributed by atoms with E-state index in [1.165, 1.54) is 0 Å². The van der Waals surface area contributed by atoms with Gasteiger partial charge in [-0.05, 0) is 42.7 Å². The largest absolute Gasteiger partial charge is 0.343 e. The number of fused-ring (bicyclic) bond motifs is 1. The second-order valence-corrected chi connectivity index (χ2v) is 12.2. The van der Waals surface area contributed by atoms with Gasteiger partial charge in [-0.15, -0.1) is 0 Å². The normalized spacial score (nSPS) is 21.8. The molecule has 4 rings (SSSR count). The van der Waals surface area contributed by atoms with Gasteiger partial charge in [0.25, 0.3) is 0 Å². The molecule has 2 aliphatic rings. The molecule has 0 saturated carbocycles. The first-order valence-electron chi connectivity index (χ1n) is 15.2. The molecule has 2 aromatic rings. The lowest BCUT2D eigenvalue weighted by Gasteiger charge is -2.39. The number of Topliss-reactive ketones (excluding diaryl/α,β-unsaturated/α-hetero) is 1. The van der Waals surface area contributed by atoms with Gasteiger partial charge < -0.3 is 15.1 Å². The monoisotopic (exact) mass is 559 g/mol. The van der Waals surface area contributed by atoms with Crippen LogP contribution in [0, 0.1) is 17.8 Å². The lowest BCUT2D eigenvalue weighted by molar-refractivity contribution is -0.149. The lowest BCUT2D eigenvalue weighted by atomic mass is 9.90. The average molecular weight is 560 g/mol. The second kappa shape index (κ2) is 13.9. The van der Waals surface area contributed by atoms with E-state index in [9.17, 15) is 19.2 Å². The average Bonchev–Trinajstić information content (AvgIpc) is 3.39. The number of hydrogen-bond acceptors (Lipinski definition) is 4. The molecule has 2 saturated heterocycles. The van der Waals surface area contributed by atoms with Crippen molar-refractivity contribution in [1.82, 2.24) is 15.1 Å². The zero-order valence-corrected chi connectivity index (χ0v) is 24.9. The molecule has 0 aliphatic carbocycles. The van der Waals surface area contributed by atoms with Gasteiger partial charge in [-0.2, -0.15) is 0 Å². The van der Waals surface area contributed by atoms with Crippen molar-refractivity contribution in [2.24, 2.45) is 17.8 Å². The minimum absolute atomic E-state index is 0.0306. The van der Waals surface area contributed by atoms with Crippen LogP contribution in [0.25, 0.3) is 0 Å². The van der Waals surface area contributed by atoms with Gasteiger partial charge in [-0.25, -0.2) is 0 Å². The molecule has 0 radical (unpaired) electrons. The molecule has 7 nitrogen and oxygen atoms in total. The van der Waals surface area contributed by atoms with Crippen molar-refractivity contribution in [2.75, 3.05) is 13.1 Å². The van der Waals surface area contributed by atoms with E-state index in [-0.39, 0.29) is 60.4 Å². The highest BCUT2D eigenvalue weighted by Gasteiger charge is 2.45. The fourth-order valence-corrected chi connectivity index (χ4v) is 6.13. The molecule has 1 unspecified atom stereocenters. The smallest absolute Gasteiger partial charge is 0.243 e. The first-order valence-corrected chi connectivity index (χ1v) is 15.2. The van der Waals surface area contributed by atoms with Crippen molar-refractivity contribution in [3.8, 4) is 0 Å². The number of benzene rings is 2. The van der Waals surface area contributed by atoms with Gasteiger partial charge >= 0.3 is 0 Å². The van der Waals surface area contributed by atoms with E-state index in [0.717, 1.165) is 11.1 Å². The van der Waals surface area contributed by atoms with Crippen molar-refractivity contribution in [3.63, 3.8) is 0 Å². The predicted molar refractivity (Wildman–Crippen MR) is 160 cm³/mol. The van der Waals surface area contributed by atoms with Gasteiger partial charge in [-0.1, -0.05) is 88.4 Å². The number of nitrogens with one attached hydrogen (secondary N) is 1. The topological polar surface area (TPSA) is 86.8 Å². The molecule has 41 heavy (non-hydrogen) atoms. The third-order valence-corrected chi connectivity index (χ3v) is 8.68. The Bertz CT molecular complexity index is 1160. The summed E-state index contributed by atoms with van der Waals surface area (Å²) in [5.74, 6) is -0.888. The van der Waals surface area contributed by atoms with E-state index < -0.39 is 12.0 Å². The maximum atomic E-state index is 14.2. The van der Waals surface area contributed by atoms with Crippen LogP contribution in [-0.2, 0) is 19.2 Å². The summed E-state index contributed by atoms with van der Waals surface area (Å²) in [5, 5.41) is 3.25. The van der Waals surface area contributed by atoms with Crippen LogP contribution in [0.4, 0.5) is 0 Å². The van der Waals surface area contributed by atoms with Crippen molar-refractivity contribution in [2.45, 2.75) is 84.3 Å². The second-order valence-electron chi connectivity index (χ2n) is 12.2. The Morgan fingerprint density at radius 1 is 0.902 bits per heavy atom. The van der Waals surface area contributed by atoms with Crippen molar-refractivity contribution < 1.29 is 19.2 Å². The maximum absolute atomic E-state index is 14.2. The van der Waals surface area contributed by atoms with Crippen molar-refractivity contribution >= 4 is 23.5 Å². The van der Waals surface area contributed by atoms with Gasteiger partial charge in [0.1, 0.15) is 11.8 Å². The van der Waals surface area contributed by atoms with Gasteiger partial charge in [0.05, 0.1) is 12.0 Å². The molecule has 2 aliphatic heterocycles. The van der Waals surface area contributed by atoms with E-state index in [1.54, 1.807) is 9.80 Å². The van der Waals surface area contributed by atoms with E-state index in [0.29, 0.717) is 38.6 Å². The first-order chi connectivity index (χ1) is 19.7. The third-order valence-electron chi connectivity index (χ3n) is 8.68. The number of nitrogens with zero attached hydrogens (tertiary/aromatic N) is 2. The van der Waals surface area contributed by atoms with Gasteiger partial charge in [0.2, 0.25) is 17.7 Å². The molecule has 1 N–H and O–H groups in total. The Kier molecular flexibility index (Phi) is 10.4. The Hall–Kier alpha value is -3.48. The fourth-order valence-electron chi connectivity index (χ4n) is 6.13. The Labute approximate surface area is 244 Å². The van der Waals surface area contributed by atoms with Crippen LogP contribution in [0.5, 0.6) is 0 Å². The van der Waals surface area contributed by atoms with Crippen LogP contribution >= 0.6 is 0 Å². The molecule has 2 fully saturated rings. The lowest BCUT2D eigenvalue weighted by Crippen LogP contribution is -2.55. The van der Waals surface area contributed by atoms with E-state index >= 15 is 0 Å². The zero-order chi connectivity index (χ0) is 29.5. The SMILES string of the molecule is CC[C@@H](C)C(=O)CC1CN(C(=O)CC(C)C)CC[C@H]2CC[C@@H](C(=O)NC(c3ccccc3)c3ccccc3)N2C1=O. The van der Waals surface area contributed by atoms with Crippen LogP contribution in [0.3, 0.4) is 0 Å². The highest BCUT2D eigenvalue weighted by atomic mass is 16.2. The summed E-state index contributed by atoms with van der Waals surface area (Å²) in [5.41, 5.74) is 1.94. The number of carbonyl (C=O) groups excluding carboxylic acids is 4. The number of hydrogen-bond donors (Lipinski definition) is 1. The third kappa shape index (κ3) is 7.43. The molecule has 0 aromatic heterocycles. The molecular formula is C34H45N3O4. The summed E-state index contributed by atoms with van der Waals surface area (Å²) in [4.78, 5) is 57.9. The molecule has 2 aromatic carbocycles. The number of ketones is 1. The van der Waals surface area contributed by atoms with Crippen molar-refractivity contribution in [1.29, 1.82) is 0 Å². The number of rotatable bonds is 10. The van der Waals surface area contributed by atoms with Gasteiger partial charge in [0.15, 0.2) is 0 Å².